The first-order valence-corrected chi connectivity index (χ1v) is 40.1. The highest BCUT2D eigenvalue weighted by Crippen LogP contribution is 2.45. The van der Waals surface area contributed by atoms with Crippen LogP contribution in [0.1, 0.15) is 369 Å². The van der Waals surface area contributed by atoms with Gasteiger partial charge in [0.1, 0.15) is 19.3 Å². The second-order valence-electron chi connectivity index (χ2n) is 26.1. The molecule has 0 bridgehead atoms. The fourth-order valence-corrected chi connectivity index (χ4v) is 12.4. The number of hydrogen-bond acceptors (Lipinski definition) is 15. The van der Waals surface area contributed by atoms with E-state index in [9.17, 15) is 43.2 Å². The average Bonchev–Trinajstić information content (AvgIpc) is 3.46. The first-order valence-electron chi connectivity index (χ1n) is 37.1. The van der Waals surface area contributed by atoms with Gasteiger partial charge in [0.05, 0.1) is 26.4 Å². The molecular formula is C71H138O17P2. The molecule has 0 spiro atoms. The van der Waals surface area contributed by atoms with Crippen LogP contribution in [0.15, 0.2) is 0 Å². The van der Waals surface area contributed by atoms with Crippen molar-refractivity contribution < 1.29 is 80.2 Å². The minimum Gasteiger partial charge on any atom is -0.462 e. The normalized spacial score (nSPS) is 14.1. The molecule has 0 aliphatic rings. The number of ether oxygens (including phenoxy) is 4. The van der Waals surface area contributed by atoms with Gasteiger partial charge in [-0.15, -0.1) is 0 Å². The Morgan fingerprint density at radius 3 is 0.756 bits per heavy atom. The molecule has 17 nitrogen and oxygen atoms in total. The SMILES string of the molecule is CCCCCCCCCCCCCCCCCCCCC(=O)O[C@H](COC(=O)CCCCCCCCCCCCCC)COP(=O)(O)OC[C@@H](O)COP(=O)(O)OC[C@@H](COC(=O)CCCCCCCCCCC)OC(=O)CCCCCCCCCCC(C)C. The van der Waals surface area contributed by atoms with Crippen LogP contribution in [0, 0.1) is 5.92 Å². The second-order valence-corrected chi connectivity index (χ2v) is 29.0. The second kappa shape index (κ2) is 64.4. The van der Waals surface area contributed by atoms with E-state index in [4.69, 9.17) is 37.0 Å². The highest BCUT2D eigenvalue weighted by atomic mass is 31.2. The Labute approximate surface area is 549 Å². The molecule has 0 saturated heterocycles. The van der Waals surface area contributed by atoms with Gasteiger partial charge < -0.3 is 33.8 Å². The summed E-state index contributed by atoms with van der Waals surface area (Å²) in [6.07, 6.45) is 51.4. The summed E-state index contributed by atoms with van der Waals surface area (Å²) in [5.41, 5.74) is 0. The number of phosphoric acid groups is 2. The number of aliphatic hydroxyl groups excluding tert-OH is 1. The van der Waals surface area contributed by atoms with Gasteiger partial charge >= 0.3 is 39.5 Å². The Bertz CT molecular complexity index is 1740. The summed E-state index contributed by atoms with van der Waals surface area (Å²) >= 11 is 0. The maximum Gasteiger partial charge on any atom is 0.472 e. The van der Waals surface area contributed by atoms with E-state index < -0.39 is 97.5 Å². The molecule has 0 rings (SSSR count). The molecule has 0 radical (unpaired) electrons. The Balaban J connectivity index is 5.21. The fraction of sp³-hybridized carbons (Fsp3) is 0.944. The van der Waals surface area contributed by atoms with Gasteiger partial charge in [-0.3, -0.25) is 37.3 Å². The molecule has 0 amide bonds. The van der Waals surface area contributed by atoms with Crippen LogP contribution in [0.5, 0.6) is 0 Å². The molecule has 0 fully saturated rings. The third-order valence-electron chi connectivity index (χ3n) is 16.5. The number of carbonyl (C=O) groups excluding carboxylic acids is 4. The molecule has 0 aromatic carbocycles. The van der Waals surface area contributed by atoms with Gasteiger partial charge in [-0.1, -0.05) is 317 Å². The topological polar surface area (TPSA) is 237 Å². The van der Waals surface area contributed by atoms with Crippen LogP contribution < -0.4 is 0 Å². The lowest BCUT2D eigenvalue weighted by Gasteiger charge is -2.21. The number of carbonyl (C=O) groups is 4. The van der Waals surface area contributed by atoms with E-state index in [1.165, 1.54) is 193 Å². The average molecular weight is 1330 g/mol. The first-order chi connectivity index (χ1) is 43.5. The summed E-state index contributed by atoms with van der Waals surface area (Å²) in [6.45, 7) is 7.20. The van der Waals surface area contributed by atoms with E-state index in [2.05, 4.69) is 34.6 Å². The summed E-state index contributed by atoms with van der Waals surface area (Å²) < 4.78 is 68.3. The molecule has 0 saturated carbocycles. The highest BCUT2D eigenvalue weighted by molar-refractivity contribution is 7.47. The fourth-order valence-electron chi connectivity index (χ4n) is 10.8. The van der Waals surface area contributed by atoms with Gasteiger partial charge in [0.2, 0.25) is 0 Å². The molecule has 0 aliphatic heterocycles. The lowest BCUT2D eigenvalue weighted by molar-refractivity contribution is -0.161. The maximum atomic E-state index is 13.0. The van der Waals surface area contributed by atoms with Crippen molar-refractivity contribution in [1.29, 1.82) is 0 Å². The Kier molecular flexibility index (Phi) is 63.0. The molecule has 0 heterocycles. The number of aliphatic hydroxyl groups is 1. The van der Waals surface area contributed by atoms with Gasteiger partial charge in [-0.2, -0.15) is 0 Å². The van der Waals surface area contributed by atoms with Gasteiger partial charge in [-0.05, 0) is 31.6 Å². The van der Waals surface area contributed by atoms with E-state index in [-0.39, 0.29) is 25.7 Å². The zero-order valence-corrected chi connectivity index (χ0v) is 60.1. The van der Waals surface area contributed by atoms with Crippen molar-refractivity contribution in [2.24, 2.45) is 5.92 Å². The Morgan fingerprint density at radius 1 is 0.300 bits per heavy atom. The number of unbranched alkanes of at least 4 members (excludes halogenated alkanes) is 43. The minimum absolute atomic E-state index is 0.105. The summed E-state index contributed by atoms with van der Waals surface area (Å²) in [4.78, 5) is 72.5. The van der Waals surface area contributed by atoms with E-state index in [0.717, 1.165) is 95.8 Å². The quantitative estimate of drug-likeness (QED) is 0.0222. The summed E-state index contributed by atoms with van der Waals surface area (Å²) in [5.74, 6) is -1.40. The van der Waals surface area contributed by atoms with Crippen LogP contribution in [-0.2, 0) is 65.4 Å². The van der Waals surface area contributed by atoms with Crippen LogP contribution in [0.25, 0.3) is 0 Å². The third-order valence-corrected chi connectivity index (χ3v) is 18.4. The van der Waals surface area contributed by atoms with Gasteiger partial charge in [0.25, 0.3) is 0 Å². The smallest absolute Gasteiger partial charge is 0.462 e. The molecule has 0 aromatic heterocycles. The van der Waals surface area contributed by atoms with Crippen molar-refractivity contribution in [1.82, 2.24) is 0 Å². The third kappa shape index (κ3) is 64.8. The van der Waals surface area contributed by atoms with E-state index in [1.807, 2.05) is 0 Å². The molecule has 90 heavy (non-hydrogen) atoms. The number of esters is 4. The number of rotatable bonds is 71. The predicted molar refractivity (Wildman–Crippen MR) is 363 cm³/mol. The highest BCUT2D eigenvalue weighted by Gasteiger charge is 2.30. The molecular weight excluding hydrogens is 1190 g/mol. The van der Waals surface area contributed by atoms with Crippen molar-refractivity contribution >= 4 is 39.5 Å². The van der Waals surface area contributed by atoms with E-state index >= 15 is 0 Å². The maximum absolute atomic E-state index is 13.0. The molecule has 3 N–H and O–H groups in total. The molecule has 2 unspecified atom stereocenters. The van der Waals surface area contributed by atoms with Crippen molar-refractivity contribution in [3.63, 3.8) is 0 Å². The van der Waals surface area contributed by atoms with Crippen molar-refractivity contribution in [2.75, 3.05) is 39.6 Å². The first kappa shape index (κ1) is 88.1. The van der Waals surface area contributed by atoms with Crippen LogP contribution >= 0.6 is 15.6 Å². The molecule has 0 aliphatic carbocycles. The summed E-state index contributed by atoms with van der Waals surface area (Å²) in [7, 11) is -9.90. The van der Waals surface area contributed by atoms with Crippen molar-refractivity contribution in [2.45, 2.75) is 387 Å². The van der Waals surface area contributed by atoms with Crippen molar-refractivity contribution in [3.05, 3.63) is 0 Å². The lowest BCUT2D eigenvalue weighted by Crippen LogP contribution is -2.30. The van der Waals surface area contributed by atoms with E-state index in [1.54, 1.807) is 0 Å². The van der Waals surface area contributed by atoms with Crippen LogP contribution in [0.2, 0.25) is 0 Å². The van der Waals surface area contributed by atoms with Gasteiger partial charge in [0.15, 0.2) is 12.2 Å². The summed E-state index contributed by atoms with van der Waals surface area (Å²) in [6, 6.07) is 0. The Hall–Kier alpha value is -1.94. The standard InChI is InChI=1S/C71H138O17P2/c1-6-9-12-15-18-21-23-25-26-27-28-29-30-32-35-41-46-51-56-70(75)87-66(61-82-69(74)55-50-45-40-34-31-24-22-19-16-13-10-7-2)62-85-89(77,78)83-58-65(72)59-84-90(79,80)86-63-67(60-81-68(73)54-49-44-39-33-20-17-14-11-8-3)88-71(76)57-52-47-42-37-36-38-43-48-53-64(4)5/h64-67,72H,6-63H2,1-5H3,(H,77,78)(H,79,80)/t65-,66-,67-/m1/s1. The van der Waals surface area contributed by atoms with Crippen LogP contribution in [-0.4, -0.2) is 96.7 Å². The molecule has 19 heteroatoms. The number of hydrogen-bond donors (Lipinski definition) is 3. The predicted octanol–water partition coefficient (Wildman–Crippen LogP) is 20.5. The lowest BCUT2D eigenvalue weighted by atomic mass is 10.0. The zero-order chi connectivity index (χ0) is 66.3. The van der Waals surface area contributed by atoms with Gasteiger partial charge in [-0.25, -0.2) is 9.13 Å². The summed E-state index contributed by atoms with van der Waals surface area (Å²) in [5, 5.41) is 10.6. The minimum atomic E-state index is -4.95. The number of phosphoric ester groups is 2. The largest absolute Gasteiger partial charge is 0.472 e. The van der Waals surface area contributed by atoms with E-state index in [0.29, 0.717) is 25.7 Å². The van der Waals surface area contributed by atoms with Gasteiger partial charge in [0, 0.05) is 25.7 Å². The monoisotopic (exact) mass is 1320 g/mol. The molecule has 5 atom stereocenters. The van der Waals surface area contributed by atoms with Crippen LogP contribution in [0.3, 0.4) is 0 Å². The van der Waals surface area contributed by atoms with Crippen LogP contribution in [0.4, 0.5) is 0 Å². The van der Waals surface area contributed by atoms with Crippen molar-refractivity contribution in [3.8, 4) is 0 Å². The Morgan fingerprint density at radius 2 is 0.511 bits per heavy atom. The molecule has 0 aromatic rings. The zero-order valence-electron chi connectivity index (χ0n) is 58.3. The molecule has 534 valence electrons.